The van der Waals surface area contributed by atoms with E-state index < -0.39 is 12.3 Å². The number of ether oxygens (including phenoxy) is 1. The van der Waals surface area contributed by atoms with Crippen molar-refractivity contribution in [2.45, 2.75) is 19.5 Å². The molecule has 0 saturated carbocycles. The molecule has 2 aromatic rings. The molecule has 24 heavy (non-hydrogen) atoms. The topological polar surface area (TPSA) is 100 Å². The molecular formula is C14H11F3N4O3. The molecule has 1 aromatic carbocycles. The van der Waals surface area contributed by atoms with Crippen molar-refractivity contribution in [3.05, 3.63) is 63.9 Å². The zero-order chi connectivity index (χ0) is 17.6. The van der Waals surface area contributed by atoms with Crippen LogP contribution in [0.5, 0.6) is 5.75 Å². The third-order valence-corrected chi connectivity index (χ3v) is 2.79. The minimum atomic E-state index is -4.75. The number of nitrogens with zero attached hydrogens (tertiary/aromatic N) is 3. The van der Waals surface area contributed by atoms with E-state index in [0.29, 0.717) is 11.3 Å². The number of azide groups is 1. The van der Waals surface area contributed by atoms with Crippen LogP contribution < -0.4 is 10.1 Å². The van der Waals surface area contributed by atoms with Gasteiger partial charge in [0, 0.05) is 11.5 Å². The number of nitrogens with one attached hydrogen (secondary N) is 1. The van der Waals surface area contributed by atoms with Crippen molar-refractivity contribution in [2.75, 3.05) is 0 Å². The summed E-state index contributed by atoms with van der Waals surface area (Å²) in [5.41, 5.74) is 8.78. The first-order valence-corrected chi connectivity index (χ1v) is 6.60. The van der Waals surface area contributed by atoms with Crippen molar-refractivity contribution in [1.29, 1.82) is 0 Å². The van der Waals surface area contributed by atoms with Crippen LogP contribution in [0.15, 0.2) is 45.9 Å². The van der Waals surface area contributed by atoms with Gasteiger partial charge in [-0.05, 0) is 35.4 Å². The molecular weight excluding hydrogens is 329 g/mol. The summed E-state index contributed by atoms with van der Waals surface area (Å²) < 4.78 is 45.1. The van der Waals surface area contributed by atoms with Crippen molar-refractivity contribution >= 4 is 5.91 Å². The zero-order valence-corrected chi connectivity index (χ0v) is 12.1. The Morgan fingerprint density at radius 1 is 1.25 bits per heavy atom. The van der Waals surface area contributed by atoms with Crippen LogP contribution in [0.25, 0.3) is 10.4 Å². The van der Waals surface area contributed by atoms with E-state index in [0.717, 1.165) is 12.1 Å². The van der Waals surface area contributed by atoms with Crippen molar-refractivity contribution in [1.82, 2.24) is 5.32 Å². The fourth-order valence-corrected chi connectivity index (χ4v) is 1.76. The minimum absolute atomic E-state index is 0.00948. The van der Waals surface area contributed by atoms with Crippen molar-refractivity contribution in [3.8, 4) is 5.75 Å². The maximum Gasteiger partial charge on any atom is 0.573 e. The minimum Gasteiger partial charge on any atom is -0.456 e. The highest BCUT2D eigenvalue weighted by Gasteiger charge is 2.30. The number of carbonyl (C=O) groups excluding carboxylic acids is 1. The molecule has 1 amide bonds. The Labute approximate surface area is 133 Å². The lowest BCUT2D eigenvalue weighted by atomic mass is 10.2. The Morgan fingerprint density at radius 2 is 1.96 bits per heavy atom. The van der Waals surface area contributed by atoms with Crippen LogP contribution >= 0.6 is 0 Å². The number of amides is 1. The second kappa shape index (κ2) is 7.42. The van der Waals surface area contributed by atoms with Gasteiger partial charge in [0.25, 0.3) is 5.91 Å². The molecule has 0 bridgehead atoms. The summed E-state index contributed by atoms with van der Waals surface area (Å²) in [7, 11) is 0. The van der Waals surface area contributed by atoms with Crippen molar-refractivity contribution < 1.29 is 27.1 Å². The number of furan rings is 1. The standard InChI is InChI=1S/C14H11F3N4O3/c15-14(16,17)24-10-3-1-9(2-4-10)7-19-13(22)12-6-5-11(23-12)8-20-21-18/h1-6H,7-8H2,(H,19,22). The van der Waals surface area contributed by atoms with E-state index in [1.807, 2.05) is 0 Å². The van der Waals surface area contributed by atoms with Crippen LogP contribution in [0.4, 0.5) is 13.2 Å². The first kappa shape index (κ1) is 17.2. The quantitative estimate of drug-likeness (QED) is 0.490. The normalized spacial score (nSPS) is 10.8. The fraction of sp³-hybridized carbons (Fsp3) is 0.214. The van der Waals surface area contributed by atoms with E-state index in [9.17, 15) is 18.0 Å². The Kier molecular flexibility index (Phi) is 5.33. The fourth-order valence-electron chi connectivity index (χ4n) is 1.76. The summed E-state index contributed by atoms with van der Waals surface area (Å²) in [4.78, 5) is 14.5. The van der Waals surface area contributed by atoms with Gasteiger partial charge in [-0.1, -0.05) is 17.2 Å². The Hall–Kier alpha value is -3.13. The summed E-state index contributed by atoms with van der Waals surface area (Å²) in [6.45, 7) is 0.0853. The van der Waals surface area contributed by atoms with Gasteiger partial charge in [0.1, 0.15) is 11.5 Å². The molecule has 1 aromatic heterocycles. The Balaban J connectivity index is 1.89. The molecule has 0 aliphatic rings. The summed E-state index contributed by atoms with van der Waals surface area (Å²) in [6.07, 6.45) is -4.75. The van der Waals surface area contributed by atoms with Crippen molar-refractivity contribution in [2.24, 2.45) is 5.11 Å². The van der Waals surface area contributed by atoms with Crippen molar-refractivity contribution in [3.63, 3.8) is 0 Å². The molecule has 1 N–H and O–H groups in total. The highest BCUT2D eigenvalue weighted by atomic mass is 19.4. The van der Waals surface area contributed by atoms with Gasteiger partial charge < -0.3 is 14.5 Å². The summed E-state index contributed by atoms with van der Waals surface area (Å²) in [5, 5.41) is 5.86. The van der Waals surface area contributed by atoms with Gasteiger partial charge in [0.15, 0.2) is 5.76 Å². The van der Waals surface area contributed by atoms with Crippen LogP contribution in [0.1, 0.15) is 21.9 Å². The molecule has 0 fully saturated rings. The van der Waals surface area contributed by atoms with Gasteiger partial charge in [0.2, 0.25) is 0 Å². The summed E-state index contributed by atoms with van der Waals surface area (Å²) in [5.74, 6) is -0.467. The van der Waals surface area contributed by atoms with E-state index in [2.05, 4.69) is 20.1 Å². The number of alkyl halides is 3. The first-order valence-electron chi connectivity index (χ1n) is 6.60. The second-order valence-corrected chi connectivity index (χ2v) is 4.53. The van der Waals surface area contributed by atoms with Gasteiger partial charge >= 0.3 is 6.36 Å². The lowest BCUT2D eigenvalue weighted by molar-refractivity contribution is -0.274. The first-order chi connectivity index (χ1) is 11.4. The third-order valence-electron chi connectivity index (χ3n) is 2.79. The maximum absolute atomic E-state index is 12.0. The highest BCUT2D eigenvalue weighted by molar-refractivity contribution is 5.91. The van der Waals surface area contributed by atoms with Gasteiger partial charge in [-0.15, -0.1) is 13.2 Å². The average Bonchev–Trinajstić information content (AvgIpc) is 2.99. The molecule has 0 aliphatic carbocycles. The van der Waals surface area contributed by atoms with Crippen LogP contribution in [0, 0.1) is 0 Å². The predicted molar refractivity (Wildman–Crippen MR) is 75.9 cm³/mol. The third kappa shape index (κ3) is 5.25. The number of rotatable bonds is 6. The molecule has 2 rings (SSSR count). The van der Waals surface area contributed by atoms with Crippen LogP contribution in [-0.4, -0.2) is 12.3 Å². The van der Waals surface area contributed by atoms with E-state index in [4.69, 9.17) is 9.95 Å². The van der Waals surface area contributed by atoms with E-state index in [1.54, 1.807) is 0 Å². The number of hydrogen-bond donors (Lipinski definition) is 1. The Morgan fingerprint density at radius 3 is 2.58 bits per heavy atom. The van der Waals surface area contributed by atoms with Gasteiger partial charge in [0.05, 0.1) is 6.54 Å². The van der Waals surface area contributed by atoms with Crippen LogP contribution in [0.3, 0.4) is 0 Å². The Bertz CT molecular complexity index is 749. The SMILES string of the molecule is [N-]=[N+]=NCc1ccc(C(=O)NCc2ccc(OC(F)(F)F)cc2)o1. The molecule has 0 spiro atoms. The number of carbonyl (C=O) groups is 1. The number of halogens is 3. The molecule has 7 nitrogen and oxygen atoms in total. The summed E-state index contributed by atoms with van der Waals surface area (Å²) in [6, 6.07) is 8.04. The second-order valence-electron chi connectivity index (χ2n) is 4.53. The molecule has 0 atom stereocenters. The number of benzene rings is 1. The average molecular weight is 340 g/mol. The van der Waals surface area contributed by atoms with Gasteiger partial charge in [-0.25, -0.2) is 0 Å². The molecule has 0 saturated heterocycles. The molecule has 1 heterocycles. The van der Waals surface area contributed by atoms with E-state index in [-0.39, 0.29) is 24.6 Å². The largest absolute Gasteiger partial charge is 0.573 e. The molecule has 0 aliphatic heterocycles. The monoisotopic (exact) mass is 340 g/mol. The summed E-state index contributed by atoms with van der Waals surface area (Å²) >= 11 is 0. The molecule has 0 unspecified atom stereocenters. The molecule has 0 radical (unpaired) electrons. The highest BCUT2D eigenvalue weighted by Crippen LogP contribution is 2.22. The smallest absolute Gasteiger partial charge is 0.456 e. The number of hydrogen-bond acceptors (Lipinski definition) is 4. The lowest BCUT2D eigenvalue weighted by Crippen LogP contribution is -2.22. The molecule has 10 heteroatoms. The van der Waals surface area contributed by atoms with Gasteiger partial charge in [-0.3, -0.25) is 4.79 Å². The maximum atomic E-state index is 12.0. The van der Waals surface area contributed by atoms with Crippen LogP contribution in [0.2, 0.25) is 0 Å². The van der Waals surface area contributed by atoms with E-state index >= 15 is 0 Å². The lowest BCUT2D eigenvalue weighted by Gasteiger charge is -2.09. The van der Waals surface area contributed by atoms with E-state index in [1.165, 1.54) is 24.3 Å². The van der Waals surface area contributed by atoms with Gasteiger partial charge in [-0.2, -0.15) is 0 Å². The predicted octanol–water partition coefficient (Wildman–Crippen LogP) is 3.92. The molecule has 126 valence electrons. The zero-order valence-electron chi connectivity index (χ0n) is 12.1. The van der Waals surface area contributed by atoms with Crippen LogP contribution in [-0.2, 0) is 13.1 Å².